The van der Waals surface area contributed by atoms with Gasteiger partial charge in [0.2, 0.25) is 0 Å². The van der Waals surface area contributed by atoms with Gasteiger partial charge in [-0.2, -0.15) is 0 Å². The number of anilines is 1. The number of rotatable bonds is 7. The molecule has 1 aliphatic heterocycles. The Bertz CT molecular complexity index is 853. The molecule has 2 fully saturated rings. The van der Waals surface area contributed by atoms with E-state index in [-0.39, 0.29) is 5.41 Å². The maximum absolute atomic E-state index is 4.96. The van der Waals surface area contributed by atoms with Crippen LogP contribution in [0.15, 0.2) is 23.5 Å². The molecule has 6 nitrogen and oxygen atoms in total. The van der Waals surface area contributed by atoms with Crippen molar-refractivity contribution in [3.63, 3.8) is 0 Å². The molecular formula is C23H34N6S. The van der Waals surface area contributed by atoms with Crippen molar-refractivity contribution < 1.29 is 0 Å². The lowest BCUT2D eigenvalue weighted by Crippen LogP contribution is -2.47. The molecule has 30 heavy (non-hydrogen) atoms. The molecule has 2 aromatic heterocycles. The van der Waals surface area contributed by atoms with Gasteiger partial charge >= 0.3 is 0 Å². The molecular weight excluding hydrogens is 392 g/mol. The normalized spacial score (nSPS) is 18.1. The Morgan fingerprint density at radius 2 is 1.83 bits per heavy atom. The molecule has 0 N–H and O–H groups in total. The average molecular weight is 427 g/mol. The molecule has 0 bridgehead atoms. The third-order valence-corrected chi connectivity index (χ3v) is 6.67. The van der Waals surface area contributed by atoms with Crippen molar-refractivity contribution in [3.8, 4) is 0 Å². The summed E-state index contributed by atoms with van der Waals surface area (Å²) in [5.74, 6) is 3.84. The van der Waals surface area contributed by atoms with E-state index in [1.54, 1.807) is 11.8 Å². The van der Waals surface area contributed by atoms with Crippen LogP contribution in [0.3, 0.4) is 0 Å². The lowest BCUT2D eigenvalue weighted by Gasteiger charge is -2.36. The van der Waals surface area contributed by atoms with Crippen LogP contribution in [-0.2, 0) is 5.41 Å². The number of thioether (sulfide) groups is 1. The van der Waals surface area contributed by atoms with Crippen LogP contribution < -0.4 is 4.90 Å². The van der Waals surface area contributed by atoms with Crippen LogP contribution in [0, 0.1) is 6.92 Å². The van der Waals surface area contributed by atoms with E-state index in [0.29, 0.717) is 5.92 Å². The number of hydrogen-bond donors (Lipinski definition) is 0. The lowest BCUT2D eigenvalue weighted by atomic mass is 9.95. The summed E-state index contributed by atoms with van der Waals surface area (Å²) in [7, 11) is 0. The molecule has 2 aromatic rings. The fraction of sp³-hybridized carbons (Fsp3) is 0.652. The molecule has 1 aliphatic carbocycles. The van der Waals surface area contributed by atoms with Crippen LogP contribution in [-0.4, -0.2) is 63.3 Å². The van der Waals surface area contributed by atoms with E-state index in [0.717, 1.165) is 67.4 Å². The molecule has 0 radical (unpaired) electrons. The number of nitrogens with zero attached hydrogens (tertiary/aromatic N) is 6. The molecule has 2 aliphatic rings. The molecule has 162 valence electrons. The van der Waals surface area contributed by atoms with Crippen LogP contribution in [0.1, 0.15) is 63.2 Å². The van der Waals surface area contributed by atoms with Crippen molar-refractivity contribution in [1.29, 1.82) is 0 Å². The van der Waals surface area contributed by atoms with Gasteiger partial charge in [-0.1, -0.05) is 32.5 Å². The second-order valence-corrected chi connectivity index (χ2v) is 10.6. The van der Waals surface area contributed by atoms with Crippen LogP contribution in [0.4, 0.5) is 5.82 Å². The van der Waals surface area contributed by atoms with Crippen molar-refractivity contribution in [1.82, 2.24) is 24.8 Å². The van der Waals surface area contributed by atoms with Crippen molar-refractivity contribution in [2.45, 2.75) is 63.4 Å². The minimum atomic E-state index is -0.0137. The molecule has 1 saturated carbocycles. The first kappa shape index (κ1) is 21.5. The quantitative estimate of drug-likeness (QED) is 0.376. The van der Waals surface area contributed by atoms with Crippen molar-refractivity contribution >= 4 is 17.6 Å². The highest BCUT2D eigenvalue weighted by Crippen LogP contribution is 2.40. The van der Waals surface area contributed by atoms with Gasteiger partial charge in [-0.05, 0) is 38.8 Å². The number of aryl methyl sites for hydroxylation is 1. The molecule has 0 unspecified atom stereocenters. The summed E-state index contributed by atoms with van der Waals surface area (Å²) in [5.41, 5.74) is 2.27. The standard InChI is InChI=1S/C23H34N6S/c1-17-8-9-24-22(25-17)30-15-5-10-28-11-13-29(14-12-28)20-16-19(18-6-7-18)26-21(27-20)23(2,3)4/h8-9,16,18H,5-7,10-15H2,1-4H3. The van der Waals surface area contributed by atoms with Crippen LogP contribution in [0.2, 0.25) is 0 Å². The zero-order chi connectivity index (χ0) is 21.1. The third-order valence-electron chi connectivity index (χ3n) is 5.72. The van der Waals surface area contributed by atoms with Gasteiger partial charge in [0.05, 0.1) is 0 Å². The van der Waals surface area contributed by atoms with Gasteiger partial charge < -0.3 is 4.90 Å². The summed E-state index contributed by atoms with van der Waals surface area (Å²) in [4.78, 5) is 23.7. The Labute approximate surface area is 184 Å². The van der Waals surface area contributed by atoms with Gasteiger partial charge in [0.25, 0.3) is 0 Å². The number of piperazine rings is 1. The van der Waals surface area contributed by atoms with Crippen molar-refractivity contribution in [2.24, 2.45) is 0 Å². The highest BCUT2D eigenvalue weighted by molar-refractivity contribution is 7.99. The smallest absolute Gasteiger partial charge is 0.187 e. The summed E-state index contributed by atoms with van der Waals surface area (Å²) in [6.45, 7) is 14.1. The predicted molar refractivity (Wildman–Crippen MR) is 123 cm³/mol. The fourth-order valence-corrected chi connectivity index (χ4v) is 4.49. The lowest BCUT2D eigenvalue weighted by molar-refractivity contribution is 0.258. The first-order valence-electron chi connectivity index (χ1n) is 11.2. The summed E-state index contributed by atoms with van der Waals surface area (Å²) < 4.78 is 0. The van der Waals surface area contributed by atoms with Crippen molar-refractivity contribution in [2.75, 3.05) is 43.4 Å². The topological polar surface area (TPSA) is 58.0 Å². The first-order chi connectivity index (χ1) is 14.4. The van der Waals surface area contributed by atoms with Gasteiger partial charge in [0, 0.05) is 66.9 Å². The Kier molecular flexibility index (Phi) is 6.58. The summed E-state index contributed by atoms with van der Waals surface area (Å²) >= 11 is 1.76. The molecule has 0 amide bonds. The summed E-state index contributed by atoms with van der Waals surface area (Å²) in [6, 6.07) is 4.19. The predicted octanol–water partition coefficient (Wildman–Crippen LogP) is 4.05. The second-order valence-electron chi connectivity index (χ2n) is 9.51. The minimum absolute atomic E-state index is 0.0137. The zero-order valence-electron chi connectivity index (χ0n) is 18.8. The van der Waals surface area contributed by atoms with E-state index < -0.39 is 0 Å². The molecule has 0 spiro atoms. The Morgan fingerprint density at radius 3 is 2.50 bits per heavy atom. The van der Waals surface area contributed by atoms with Crippen LogP contribution in [0.25, 0.3) is 0 Å². The Morgan fingerprint density at radius 1 is 1.07 bits per heavy atom. The average Bonchev–Trinajstić information content (AvgIpc) is 3.56. The molecule has 0 aromatic carbocycles. The van der Waals surface area contributed by atoms with Gasteiger partial charge in [0.15, 0.2) is 5.16 Å². The van der Waals surface area contributed by atoms with E-state index in [4.69, 9.17) is 9.97 Å². The van der Waals surface area contributed by atoms with E-state index in [1.807, 2.05) is 19.2 Å². The maximum atomic E-state index is 4.96. The van der Waals surface area contributed by atoms with E-state index in [9.17, 15) is 0 Å². The molecule has 0 atom stereocenters. The number of aromatic nitrogens is 4. The minimum Gasteiger partial charge on any atom is -0.354 e. The van der Waals surface area contributed by atoms with Crippen LogP contribution >= 0.6 is 11.8 Å². The van der Waals surface area contributed by atoms with Gasteiger partial charge in [-0.25, -0.2) is 19.9 Å². The van der Waals surface area contributed by atoms with Gasteiger partial charge in [0.1, 0.15) is 11.6 Å². The van der Waals surface area contributed by atoms with Gasteiger partial charge in [-0.15, -0.1) is 0 Å². The molecule has 4 rings (SSSR count). The van der Waals surface area contributed by atoms with E-state index >= 15 is 0 Å². The second kappa shape index (κ2) is 9.18. The first-order valence-corrected chi connectivity index (χ1v) is 12.2. The monoisotopic (exact) mass is 426 g/mol. The van der Waals surface area contributed by atoms with Crippen molar-refractivity contribution in [3.05, 3.63) is 35.5 Å². The third kappa shape index (κ3) is 5.70. The highest BCUT2D eigenvalue weighted by atomic mass is 32.2. The molecule has 7 heteroatoms. The largest absolute Gasteiger partial charge is 0.354 e. The fourth-order valence-electron chi connectivity index (χ4n) is 3.69. The summed E-state index contributed by atoms with van der Waals surface area (Å²) in [6.07, 6.45) is 5.56. The molecule has 3 heterocycles. The number of hydrogen-bond acceptors (Lipinski definition) is 7. The summed E-state index contributed by atoms with van der Waals surface area (Å²) in [5, 5.41) is 0.893. The van der Waals surface area contributed by atoms with Gasteiger partial charge in [-0.3, -0.25) is 4.90 Å². The Balaban J connectivity index is 1.27. The maximum Gasteiger partial charge on any atom is 0.187 e. The van der Waals surface area contributed by atoms with E-state index in [1.165, 1.54) is 18.5 Å². The Hall–Kier alpha value is -1.73. The zero-order valence-corrected chi connectivity index (χ0v) is 19.6. The van der Waals surface area contributed by atoms with Crippen LogP contribution in [0.5, 0.6) is 0 Å². The molecule has 1 saturated heterocycles. The van der Waals surface area contributed by atoms with E-state index in [2.05, 4.69) is 46.6 Å². The SMILES string of the molecule is Cc1ccnc(SCCCN2CCN(c3cc(C4CC4)nc(C(C)(C)C)n3)CC2)n1. The highest BCUT2D eigenvalue weighted by Gasteiger charge is 2.29.